The summed E-state index contributed by atoms with van der Waals surface area (Å²) in [5.41, 5.74) is 0. The molecular weight excluding hydrogens is 220 g/mol. The molecule has 2 fully saturated rings. The molecule has 0 aromatic rings. The van der Waals surface area contributed by atoms with Crippen molar-refractivity contribution in [2.75, 3.05) is 6.54 Å². The van der Waals surface area contributed by atoms with Crippen molar-refractivity contribution in [2.45, 2.75) is 50.7 Å². The van der Waals surface area contributed by atoms with E-state index in [1.54, 1.807) is 0 Å². The van der Waals surface area contributed by atoms with Crippen molar-refractivity contribution >= 4 is 11.8 Å². The fourth-order valence-electron chi connectivity index (χ4n) is 2.63. The lowest BCUT2D eigenvalue weighted by atomic mass is 9.87. The largest absolute Gasteiger partial charge is 0.393 e. The Hall–Kier alpha value is -1.10. The Morgan fingerprint density at radius 2 is 2.24 bits per heavy atom. The van der Waals surface area contributed by atoms with Crippen molar-refractivity contribution in [2.24, 2.45) is 5.92 Å². The molecule has 0 aromatic carbocycles. The quantitative estimate of drug-likeness (QED) is 0.646. The van der Waals surface area contributed by atoms with Crippen LogP contribution in [0.1, 0.15) is 38.5 Å². The number of carbonyl (C=O) groups is 2. The van der Waals surface area contributed by atoms with Gasteiger partial charge in [0.05, 0.1) is 6.10 Å². The van der Waals surface area contributed by atoms with Gasteiger partial charge in [-0.3, -0.25) is 9.59 Å². The lowest BCUT2D eigenvalue weighted by Crippen LogP contribution is -2.43. The zero-order valence-electron chi connectivity index (χ0n) is 9.95. The first kappa shape index (κ1) is 12.4. The standard InChI is InChI=1S/C12H20N2O3/c15-9-3-1-2-8(6-9)7-13-12(17)10-4-5-11(16)14-10/h8-10,15H,1-7H2,(H,13,17)(H,14,16)/t8?,9?,10-/m1/s1. The van der Waals surface area contributed by atoms with Crippen LogP contribution >= 0.6 is 0 Å². The highest BCUT2D eigenvalue weighted by molar-refractivity contribution is 5.90. The van der Waals surface area contributed by atoms with Crippen LogP contribution in [-0.2, 0) is 9.59 Å². The molecule has 0 radical (unpaired) electrons. The van der Waals surface area contributed by atoms with Gasteiger partial charge in [-0.2, -0.15) is 0 Å². The minimum absolute atomic E-state index is 0.0433. The van der Waals surface area contributed by atoms with Crippen LogP contribution < -0.4 is 10.6 Å². The predicted molar refractivity (Wildman–Crippen MR) is 62.1 cm³/mol. The number of amides is 2. The summed E-state index contributed by atoms with van der Waals surface area (Å²) >= 11 is 0. The van der Waals surface area contributed by atoms with Crippen molar-refractivity contribution in [1.29, 1.82) is 0 Å². The number of rotatable bonds is 3. The van der Waals surface area contributed by atoms with Gasteiger partial charge in [0.25, 0.3) is 0 Å². The maximum Gasteiger partial charge on any atom is 0.242 e. The summed E-state index contributed by atoms with van der Waals surface area (Å²) in [4.78, 5) is 22.7. The molecule has 3 N–H and O–H groups in total. The van der Waals surface area contributed by atoms with Gasteiger partial charge in [-0.15, -0.1) is 0 Å². The number of hydrogen-bond donors (Lipinski definition) is 3. The normalized spacial score (nSPS) is 33.2. The van der Waals surface area contributed by atoms with Gasteiger partial charge in [0, 0.05) is 13.0 Å². The monoisotopic (exact) mass is 240 g/mol. The molecule has 0 spiro atoms. The zero-order chi connectivity index (χ0) is 12.3. The molecule has 1 saturated heterocycles. The first-order chi connectivity index (χ1) is 8.15. The Morgan fingerprint density at radius 1 is 1.41 bits per heavy atom. The maximum absolute atomic E-state index is 11.7. The van der Waals surface area contributed by atoms with E-state index in [9.17, 15) is 14.7 Å². The van der Waals surface area contributed by atoms with E-state index in [2.05, 4.69) is 10.6 Å². The van der Waals surface area contributed by atoms with E-state index in [-0.39, 0.29) is 24.0 Å². The second kappa shape index (κ2) is 5.49. The highest BCUT2D eigenvalue weighted by Gasteiger charge is 2.28. The molecule has 2 amide bonds. The van der Waals surface area contributed by atoms with Gasteiger partial charge in [-0.05, 0) is 31.6 Å². The molecule has 17 heavy (non-hydrogen) atoms. The molecule has 0 aromatic heterocycles. The van der Waals surface area contributed by atoms with E-state index in [0.29, 0.717) is 25.3 Å². The average molecular weight is 240 g/mol. The van der Waals surface area contributed by atoms with Crippen molar-refractivity contribution in [3.05, 3.63) is 0 Å². The highest BCUT2D eigenvalue weighted by atomic mass is 16.3. The smallest absolute Gasteiger partial charge is 0.242 e. The third-order valence-corrected chi connectivity index (χ3v) is 3.63. The minimum Gasteiger partial charge on any atom is -0.393 e. The molecule has 1 aliphatic heterocycles. The molecule has 2 unspecified atom stereocenters. The average Bonchev–Trinajstić information content (AvgIpc) is 2.73. The molecule has 2 rings (SSSR count). The van der Waals surface area contributed by atoms with E-state index in [1.807, 2.05) is 0 Å². The minimum atomic E-state index is -0.351. The van der Waals surface area contributed by atoms with Crippen LogP contribution in [0.15, 0.2) is 0 Å². The summed E-state index contributed by atoms with van der Waals surface area (Å²) in [6.45, 7) is 0.613. The molecule has 2 aliphatic rings. The van der Waals surface area contributed by atoms with Gasteiger partial charge >= 0.3 is 0 Å². The van der Waals surface area contributed by atoms with Crippen LogP contribution in [0, 0.1) is 5.92 Å². The molecule has 96 valence electrons. The predicted octanol–water partition coefficient (Wildman–Crippen LogP) is -0.0677. The maximum atomic E-state index is 11.7. The van der Waals surface area contributed by atoms with E-state index in [0.717, 1.165) is 25.7 Å². The third kappa shape index (κ3) is 3.43. The summed E-state index contributed by atoms with van der Waals surface area (Å²) in [6.07, 6.45) is 4.58. The Morgan fingerprint density at radius 3 is 2.88 bits per heavy atom. The summed E-state index contributed by atoms with van der Waals surface area (Å²) in [7, 11) is 0. The summed E-state index contributed by atoms with van der Waals surface area (Å²) in [5, 5.41) is 15.0. The van der Waals surface area contributed by atoms with Gasteiger partial charge in [-0.1, -0.05) is 6.42 Å². The van der Waals surface area contributed by atoms with E-state index in [4.69, 9.17) is 0 Å². The Balaban J connectivity index is 1.70. The van der Waals surface area contributed by atoms with Crippen molar-refractivity contribution < 1.29 is 14.7 Å². The Labute approximate surface area is 101 Å². The van der Waals surface area contributed by atoms with Crippen LogP contribution in [-0.4, -0.2) is 35.6 Å². The molecule has 3 atom stereocenters. The van der Waals surface area contributed by atoms with Crippen molar-refractivity contribution in [1.82, 2.24) is 10.6 Å². The molecule has 1 aliphatic carbocycles. The van der Waals surface area contributed by atoms with Gasteiger partial charge in [0.1, 0.15) is 6.04 Å². The lowest BCUT2D eigenvalue weighted by molar-refractivity contribution is -0.126. The molecule has 0 bridgehead atoms. The first-order valence-electron chi connectivity index (χ1n) is 6.40. The number of aliphatic hydroxyl groups excluding tert-OH is 1. The van der Waals surface area contributed by atoms with Gasteiger partial charge in [-0.25, -0.2) is 0 Å². The summed E-state index contributed by atoms with van der Waals surface area (Å²) in [6, 6.07) is -0.351. The molecule has 1 saturated carbocycles. The molecule has 5 nitrogen and oxygen atoms in total. The fourth-order valence-corrected chi connectivity index (χ4v) is 2.63. The lowest BCUT2D eigenvalue weighted by Gasteiger charge is -2.26. The summed E-state index contributed by atoms with van der Waals surface area (Å²) in [5.74, 6) is 0.244. The number of nitrogens with one attached hydrogen (secondary N) is 2. The number of carbonyl (C=O) groups excluding carboxylic acids is 2. The van der Waals surface area contributed by atoms with Gasteiger partial charge < -0.3 is 15.7 Å². The zero-order valence-corrected chi connectivity index (χ0v) is 9.95. The molecule has 1 heterocycles. The first-order valence-corrected chi connectivity index (χ1v) is 6.40. The van der Waals surface area contributed by atoms with Crippen molar-refractivity contribution in [3.63, 3.8) is 0 Å². The second-order valence-electron chi connectivity index (χ2n) is 5.09. The number of hydrogen-bond acceptors (Lipinski definition) is 3. The Kier molecular flexibility index (Phi) is 3.99. The SMILES string of the molecule is O=C1CC[C@H](C(=O)NCC2CCCC(O)C2)N1. The highest BCUT2D eigenvalue weighted by Crippen LogP contribution is 2.23. The van der Waals surface area contributed by atoms with E-state index < -0.39 is 0 Å². The van der Waals surface area contributed by atoms with Gasteiger partial charge in [0.15, 0.2) is 0 Å². The van der Waals surface area contributed by atoms with E-state index in [1.165, 1.54) is 0 Å². The Bertz CT molecular complexity index is 306. The van der Waals surface area contributed by atoms with Gasteiger partial charge in [0.2, 0.25) is 11.8 Å². The van der Waals surface area contributed by atoms with Crippen LogP contribution in [0.4, 0.5) is 0 Å². The fraction of sp³-hybridized carbons (Fsp3) is 0.833. The van der Waals surface area contributed by atoms with E-state index >= 15 is 0 Å². The molecule has 5 heteroatoms. The third-order valence-electron chi connectivity index (χ3n) is 3.63. The van der Waals surface area contributed by atoms with Crippen LogP contribution in [0.5, 0.6) is 0 Å². The van der Waals surface area contributed by atoms with Crippen LogP contribution in [0.2, 0.25) is 0 Å². The topological polar surface area (TPSA) is 78.4 Å². The molecular formula is C12H20N2O3. The van der Waals surface area contributed by atoms with Crippen molar-refractivity contribution in [3.8, 4) is 0 Å². The van der Waals surface area contributed by atoms with Crippen LogP contribution in [0.25, 0.3) is 0 Å². The number of aliphatic hydroxyl groups is 1. The summed E-state index contributed by atoms with van der Waals surface area (Å²) < 4.78 is 0. The second-order valence-corrected chi connectivity index (χ2v) is 5.09. The van der Waals surface area contributed by atoms with Crippen LogP contribution in [0.3, 0.4) is 0 Å².